The minimum Gasteiger partial charge on any atom is -0.302 e. The molecule has 0 fully saturated rings. The Bertz CT molecular complexity index is 572. The summed E-state index contributed by atoms with van der Waals surface area (Å²) in [6.45, 7) is 1.47. The number of hydrogen-bond donors (Lipinski definition) is 0. The van der Waals surface area contributed by atoms with Crippen molar-refractivity contribution >= 4 is 17.4 Å². The average Bonchev–Trinajstić information content (AvgIpc) is 2.46. The predicted octanol–water partition coefficient (Wildman–Crippen LogP) is 3.44. The van der Waals surface area contributed by atoms with E-state index in [0.717, 1.165) is 12.1 Å². The maximum Gasteiger partial charge on any atom is 0.165 e. The molecule has 20 heavy (non-hydrogen) atoms. The van der Waals surface area contributed by atoms with Gasteiger partial charge in [-0.2, -0.15) is 0 Å². The SMILES string of the molecule is CN(CCC(=O)c1ccccc1Cl)Cc1cccnc1. The Kier molecular flexibility index (Phi) is 5.27. The number of halogens is 1. The molecule has 1 aromatic heterocycles. The van der Waals surface area contributed by atoms with Gasteiger partial charge in [-0.15, -0.1) is 0 Å². The molecule has 4 heteroatoms. The Morgan fingerprint density at radius 1 is 1.25 bits per heavy atom. The van der Waals surface area contributed by atoms with Crippen LogP contribution in [0.4, 0.5) is 0 Å². The molecule has 0 aliphatic heterocycles. The molecule has 104 valence electrons. The van der Waals surface area contributed by atoms with Crippen molar-refractivity contribution in [3.8, 4) is 0 Å². The third-order valence-electron chi connectivity index (χ3n) is 3.07. The maximum atomic E-state index is 12.1. The van der Waals surface area contributed by atoms with Crippen molar-refractivity contribution < 1.29 is 4.79 Å². The van der Waals surface area contributed by atoms with Crippen LogP contribution in [0, 0.1) is 0 Å². The van der Waals surface area contributed by atoms with Gasteiger partial charge in [0.1, 0.15) is 0 Å². The predicted molar refractivity (Wildman–Crippen MR) is 81.0 cm³/mol. The van der Waals surface area contributed by atoms with Crippen LogP contribution in [0.25, 0.3) is 0 Å². The molecule has 2 rings (SSSR count). The van der Waals surface area contributed by atoms with Gasteiger partial charge in [0.2, 0.25) is 0 Å². The van der Waals surface area contributed by atoms with Crippen molar-refractivity contribution in [3.63, 3.8) is 0 Å². The Balaban J connectivity index is 1.86. The van der Waals surface area contributed by atoms with Crippen LogP contribution in [0.15, 0.2) is 48.8 Å². The monoisotopic (exact) mass is 288 g/mol. The molecule has 0 amide bonds. The third kappa shape index (κ3) is 4.15. The molecule has 0 spiro atoms. The zero-order valence-electron chi connectivity index (χ0n) is 11.4. The van der Waals surface area contributed by atoms with Crippen molar-refractivity contribution in [2.75, 3.05) is 13.6 Å². The highest BCUT2D eigenvalue weighted by Gasteiger charge is 2.10. The second-order valence-corrected chi connectivity index (χ2v) is 5.16. The number of carbonyl (C=O) groups is 1. The summed E-state index contributed by atoms with van der Waals surface area (Å²) >= 11 is 6.02. The molecule has 0 saturated carbocycles. The minimum absolute atomic E-state index is 0.0774. The molecule has 0 aliphatic rings. The fraction of sp³-hybridized carbons (Fsp3) is 0.250. The van der Waals surface area contributed by atoms with Gasteiger partial charge < -0.3 is 4.90 Å². The fourth-order valence-electron chi connectivity index (χ4n) is 2.00. The minimum atomic E-state index is 0.0774. The van der Waals surface area contributed by atoms with Gasteiger partial charge in [0.25, 0.3) is 0 Å². The first-order valence-corrected chi connectivity index (χ1v) is 6.90. The van der Waals surface area contributed by atoms with E-state index in [0.29, 0.717) is 23.6 Å². The van der Waals surface area contributed by atoms with E-state index < -0.39 is 0 Å². The van der Waals surface area contributed by atoms with Gasteiger partial charge in [-0.25, -0.2) is 0 Å². The van der Waals surface area contributed by atoms with Gasteiger partial charge >= 0.3 is 0 Å². The zero-order valence-corrected chi connectivity index (χ0v) is 12.2. The van der Waals surface area contributed by atoms with E-state index in [2.05, 4.69) is 9.88 Å². The van der Waals surface area contributed by atoms with Crippen molar-refractivity contribution in [2.24, 2.45) is 0 Å². The van der Waals surface area contributed by atoms with E-state index in [1.165, 1.54) is 0 Å². The summed E-state index contributed by atoms with van der Waals surface area (Å²) in [6, 6.07) is 11.1. The van der Waals surface area contributed by atoms with Gasteiger partial charge in [-0.3, -0.25) is 9.78 Å². The number of Topliss-reactive ketones (excluding diaryl/α,β-unsaturated/α-hetero) is 1. The van der Waals surface area contributed by atoms with E-state index in [4.69, 9.17) is 11.6 Å². The molecule has 0 bridgehead atoms. The van der Waals surface area contributed by atoms with Gasteiger partial charge in [-0.05, 0) is 30.8 Å². The topological polar surface area (TPSA) is 33.2 Å². The van der Waals surface area contributed by atoms with Gasteiger partial charge in [0.15, 0.2) is 5.78 Å². The summed E-state index contributed by atoms with van der Waals surface area (Å²) < 4.78 is 0. The smallest absolute Gasteiger partial charge is 0.165 e. The largest absolute Gasteiger partial charge is 0.302 e. The van der Waals surface area contributed by atoms with Gasteiger partial charge in [0, 0.05) is 37.5 Å². The van der Waals surface area contributed by atoms with Crippen molar-refractivity contribution in [2.45, 2.75) is 13.0 Å². The molecule has 3 nitrogen and oxygen atoms in total. The van der Waals surface area contributed by atoms with Crippen LogP contribution >= 0.6 is 11.6 Å². The van der Waals surface area contributed by atoms with Crippen LogP contribution in [-0.2, 0) is 6.54 Å². The molecule has 0 saturated heterocycles. The molecule has 0 unspecified atom stereocenters. The Morgan fingerprint density at radius 2 is 2.05 bits per heavy atom. The fourth-order valence-corrected chi connectivity index (χ4v) is 2.24. The van der Waals surface area contributed by atoms with Crippen molar-refractivity contribution in [1.82, 2.24) is 9.88 Å². The van der Waals surface area contributed by atoms with E-state index in [1.807, 2.05) is 37.5 Å². The lowest BCUT2D eigenvalue weighted by Gasteiger charge is -2.16. The lowest BCUT2D eigenvalue weighted by molar-refractivity contribution is 0.0968. The molecule has 0 N–H and O–H groups in total. The number of carbonyl (C=O) groups excluding carboxylic acids is 1. The number of rotatable bonds is 6. The molecule has 0 atom stereocenters. The number of hydrogen-bond acceptors (Lipinski definition) is 3. The summed E-state index contributed by atoms with van der Waals surface area (Å²) in [6.07, 6.45) is 4.05. The highest BCUT2D eigenvalue weighted by Crippen LogP contribution is 2.16. The van der Waals surface area contributed by atoms with Crippen LogP contribution in [0.2, 0.25) is 5.02 Å². The molecular weight excluding hydrogens is 272 g/mol. The molecule has 0 aliphatic carbocycles. The van der Waals surface area contributed by atoms with E-state index in [9.17, 15) is 4.79 Å². The van der Waals surface area contributed by atoms with Gasteiger partial charge in [-0.1, -0.05) is 29.8 Å². The van der Waals surface area contributed by atoms with E-state index >= 15 is 0 Å². The number of pyridine rings is 1. The molecular formula is C16H17ClN2O. The number of nitrogens with zero attached hydrogens (tertiary/aromatic N) is 2. The average molecular weight is 289 g/mol. The maximum absolute atomic E-state index is 12.1. The first kappa shape index (κ1) is 14.7. The molecule has 2 aromatic rings. The Labute approximate surface area is 124 Å². The highest BCUT2D eigenvalue weighted by molar-refractivity contribution is 6.33. The lowest BCUT2D eigenvalue weighted by atomic mass is 10.1. The zero-order chi connectivity index (χ0) is 14.4. The standard InChI is InChI=1S/C16H17ClN2O/c1-19(12-13-5-4-9-18-11-13)10-8-16(20)14-6-2-3-7-15(14)17/h2-7,9,11H,8,10,12H2,1H3. The van der Waals surface area contributed by atoms with Crippen LogP contribution in [-0.4, -0.2) is 29.3 Å². The summed E-state index contributed by atoms with van der Waals surface area (Å²) in [5, 5.41) is 0.521. The summed E-state index contributed by atoms with van der Waals surface area (Å²) in [5.41, 5.74) is 1.74. The molecule has 0 radical (unpaired) electrons. The first-order chi connectivity index (χ1) is 9.66. The van der Waals surface area contributed by atoms with Crippen LogP contribution < -0.4 is 0 Å². The summed E-state index contributed by atoms with van der Waals surface area (Å²) in [5.74, 6) is 0.0774. The number of benzene rings is 1. The summed E-state index contributed by atoms with van der Waals surface area (Å²) in [4.78, 5) is 18.3. The van der Waals surface area contributed by atoms with Crippen LogP contribution in [0.5, 0.6) is 0 Å². The normalized spacial score (nSPS) is 10.8. The molecule has 1 heterocycles. The molecule has 1 aromatic carbocycles. The third-order valence-corrected chi connectivity index (χ3v) is 3.40. The second-order valence-electron chi connectivity index (χ2n) is 4.75. The van der Waals surface area contributed by atoms with Crippen molar-refractivity contribution in [1.29, 1.82) is 0 Å². The first-order valence-electron chi connectivity index (χ1n) is 6.52. The summed E-state index contributed by atoms with van der Waals surface area (Å²) in [7, 11) is 1.99. The number of ketones is 1. The number of aromatic nitrogens is 1. The highest BCUT2D eigenvalue weighted by atomic mass is 35.5. The van der Waals surface area contributed by atoms with Crippen LogP contribution in [0.1, 0.15) is 22.3 Å². The van der Waals surface area contributed by atoms with Crippen molar-refractivity contribution in [3.05, 3.63) is 64.9 Å². The quantitative estimate of drug-likeness (QED) is 0.764. The lowest BCUT2D eigenvalue weighted by Crippen LogP contribution is -2.21. The van der Waals surface area contributed by atoms with E-state index in [-0.39, 0.29) is 5.78 Å². The van der Waals surface area contributed by atoms with E-state index in [1.54, 1.807) is 18.3 Å². The van der Waals surface area contributed by atoms with Crippen LogP contribution in [0.3, 0.4) is 0 Å². The Hall–Kier alpha value is -1.71. The van der Waals surface area contributed by atoms with Gasteiger partial charge in [0.05, 0.1) is 5.02 Å². The second kappa shape index (κ2) is 7.17. The Morgan fingerprint density at radius 3 is 2.75 bits per heavy atom.